The second-order valence-corrected chi connectivity index (χ2v) is 5.07. The van der Waals surface area contributed by atoms with Crippen molar-refractivity contribution in [3.63, 3.8) is 0 Å². The SMILES string of the molecule is COc1ccc2c(c1)CCC1(COCCN1)C2.Cl. The fraction of sp³-hybridized carbons (Fsp3) is 0.571. The van der Waals surface area contributed by atoms with Gasteiger partial charge in [-0.3, -0.25) is 0 Å². The first-order chi connectivity index (χ1) is 8.31. The van der Waals surface area contributed by atoms with Gasteiger partial charge in [0.15, 0.2) is 0 Å². The number of nitrogens with one attached hydrogen (secondary N) is 1. The molecule has 1 fully saturated rings. The number of rotatable bonds is 1. The normalized spacial score (nSPS) is 26.3. The highest BCUT2D eigenvalue weighted by atomic mass is 35.5. The van der Waals surface area contributed by atoms with E-state index in [1.54, 1.807) is 7.11 Å². The van der Waals surface area contributed by atoms with Crippen molar-refractivity contribution in [2.45, 2.75) is 24.8 Å². The smallest absolute Gasteiger partial charge is 0.119 e. The standard InChI is InChI=1S/C14H19NO2.ClH/c1-16-13-3-2-12-9-14(5-4-11(12)8-13)10-17-7-6-15-14;/h2-3,8,15H,4-7,9-10H2,1H3;1H. The van der Waals surface area contributed by atoms with E-state index >= 15 is 0 Å². The first kappa shape index (κ1) is 13.7. The molecule has 1 aliphatic heterocycles. The molecule has 1 aliphatic carbocycles. The summed E-state index contributed by atoms with van der Waals surface area (Å²) >= 11 is 0. The summed E-state index contributed by atoms with van der Waals surface area (Å²) < 4.78 is 10.9. The van der Waals surface area contributed by atoms with Gasteiger partial charge in [-0.2, -0.15) is 0 Å². The number of hydrogen-bond donors (Lipinski definition) is 1. The third-order valence-electron chi connectivity index (χ3n) is 3.94. The zero-order chi connectivity index (χ0) is 11.7. The summed E-state index contributed by atoms with van der Waals surface area (Å²) in [6.45, 7) is 2.67. The molecule has 2 aliphatic rings. The van der Waals surface area contributed by atoms with Crippen LogP contribution in [0.3, 0.4) is 0 Å². The first-order valence-corrected chi connectivity index (χ1v) is 6.30. The number of halogens is 1. The maximum atomic E-state index is 5.64. The van der Waals surface area contributed by atoms with Crippen LogP contribution in [0.2, 0.25) is 0 Å². The molecule has 1 saturated heterocycles. The molecule has 0 amide bonds. The van der Waals surface area contributed by atoms with E-state index in [0.29, 0.717) is 0 Å². The van der Waals surface area contributed by atoms with Gasteiger partial charge in [0, 0.05) is 12.1 Å². The van der Waals surface area contributed by atoms with Crippen LogP contribution in [-0.2, 0) is 17.6 Å². The molecular formula is C14H20ClNO2. The highest BCUT2D eigenvalue weighted by molar-refractivity contribution is 5.85. The number of aryl methyl sites for hydroxylation is 1. The van der Waals surface area contributed by atoms with Gasteiger partial charge in [-0.15, -0.1) is 12.4 Å². The van der Waals surface area contributed by atoms with Crippen molar-refractivity contribution >= 4 is 12.4 Å². The van der Waals surface area contributed by atoms with Crippen molar-refractivity contribution < 1.29 is 9.47 Å². The van der Waals surface area contributed by atoms with E-state index in [2.05, 4.69) is 23.5 Å². The minimum atomic E-state index is 0. The Hall–Kier alpha value is -0.770. The Balaban J connectivity index is 0.00000120. The second-order valence-electron chi connectivity index (χ2n) is 5.07. The summed E-state index contributed by atoms with van der Waals surface area (Å²) in [6.07, 6.45) is 3.35. The van der Waals surface area contributed by atoms with E-state index in [1.807, 2.05) is 0 Å². The lowest BCUT2D eigenvalue weighted by Crippen LogP contribution is -2.57. The summed E-state index contributed by atoms with van der Waals surface area (Å²) in [5, 5.41) is 3.65. The van der Waals surface area contributed by atoms with Crippen LogP contribution in [0.25, 0.3) is 0 Å². The Morgan fingerprint density at radius 3 is 2.94 bits per heavy atom. The predicted octanol–water partition coefficient (Wildman–Crippen LogP) is 1.96. The Morgan fingerprint density at radius 2 is 2.22 bits per heavy atom. The van der Waals surface area contributed by atoms with Crippen LogP contribution in [0.5, 0.6) is 5.75 Å². The number of benzene rings is 1. The maximum Gasteiger partial charge on any atom is 0.119 e. The van der Waals surface area contributed by atoms with Gasteiger partial charge in [0.1, 0.15) is 5.75 Å². The van der Waals surface area contributed by atoms with Crippen LogP contribution in [0.15, 0.2) is 18.2 Å². The Bertz CT molecular complexity index is 416. The fourth-order valence-corrected chi connectivity index (χ4v) is 2.94. The van der Waals surface area contributed by atoms with E-state index in [-0.39, 0.29) is 17.9 Å². The lowest BCUT2D eigenvalue weighted by Gasteiger charge is -2.41. The van der Waals surface area contributed by atoms with Gasteiger partial charge in [0.2, 0.25) is 0 Å². The monoisotopic (exact) mass is 269 g/mol. The molecule has 0 saturated carbocycles. The Labute approximate surface area is 114 Å². The first-order valence-electron chi connectivity index (χ1n) is 6.30. The molecule has 1 atom stereocenters. The van der Waals surface area contributed by atoms with Crippen molar-refractivity contribution in [2.75, 3.05) is 26.9 Å². The Morgan fingerprint density at radius 1 is 1.33 bits per heavy atom. The molecule has 1 N–H and O–H groups in total. The number of hydrogen-bond acceptors (Lipinski definition) is 3. The van der Waals surface area contributed by atoms with Gasteiger partial charge < -0.3 is 14.8 Å². The molecular weight excluding hydrogens is 250 g/mol. The minimum absolute atomic E-state index is 0. The molecule has 1 aromatic carbocycles. The quantitative estimate of drug-likeness (QED) is 0.846. The van der Waals surface area contributed by atoms with Gasteiger partial charge >= 0.3 is 0 Å². The number of methoxy groups -OCH3 is 1. The summed E-state index contributed by atoms with van der Waals surface area (Å²) in [5.74, 6) is 0.965. The molecule has 3 rings (SSSR count). The van der Waals surface area contributed by atoms with Crippen LogP contribution >= 0.6 is 12.4 Å². The highest BCUT2D eigenvalue weighted by Crippen LogP contribution is 2.32. The van der Waals surface area contributed by atoms with E-state index in [1.165, 1.54) is 11.1 Å². The van der Waals surface area contributed by atoms with Gasteiger partial charge in [0.05, 0.1) is 20.3 Å². The molecule has 18 heavy (non-hydrogen) atoms. The average molecular weight is 270 g/mol. The van der Waals surface area contributed by atoms with Crippen molar-refractivity contribution in [1.82, 2.24) is 5.32 Å². The summed E-state index contributed by atoms with van der Waals surface area (Å²) in [6, 6.07) is 6.43. The highest BCUT2D eigenvalue weighted by Gasteiger charge is 2.36. The molecule has 1 spiro atoms. The molecule has 0 bridgehead atoms. The zero-order valence-corrected chi connectivity index (χ0v) is 11.5. The lowest BCUT2D eigenvalue weighted by atomic mass is 9.78. The van der Waals surface area contributed by atoms with E-state index in [9.17, 15) is 0 Å². The van der Waals surface area contributed by atoms with Crippen molar-refractivity contribution in [3.05, 3.63) is 29.3 Å². The largest absolute Gasteiger partial charge is 0.497 e. The lowest BCUT2D eigenvalue weighted by molar-refractivity contribution is 0.0206. The zero-order valence-electron chi connectivity index (χ0n) is 10.7. The number of morpholine rings is 1. The van der Waals surface area contributed by atoms with E-state index < -0.39 is 0 Å². The Kier molecular flexibility index (Phi) is 4.15. The van der Waals surface area contributed by atoms with Crippen LogP contribution < -0.4 is 10.1 Å². The van der Waals surface area contributed by atoms with Gasteiger partial charge in [-0.1, -0.05) is 6.07 Å². The van der Waals surface area contributed by atoms with Crippen LogP contribution in [-0.4, -0.2) is 32.4 Å². The van der Waals surface area contributed by atoms with Crippen molar-refractivity contribution in [3.8, 4) is 5.75 Å². The molecule has 3 nitrogen and oxygen atoms in total. The average Bonchev–Trinajstić information content (AvgIpc) is 2.39. The van der Waals surface area contributed by atoms with Gasteiger partial charge in [-0.25, -0.2) is 0 Å². The van der Waals surface area contributed by atoms with Gasteiger partial charge in [0.25, 0.3) is 0 Å². The third kappa shape index (κ3) is 2.48. The molecule has 1 unspecified atom stereocenters. The summed E-state index contributed by atoms with van der Waals surface area (Å²) in [7, 11) is 1.72. The number of ether oxygens (including phenoxy) is 2. The van der Waals surface area contributed by atoms with E-state index in [4.69, 9.17) is 9.47 Å². The van der Waals surface area contributed by atoms with Crippen molar-refractivity contribution in [1.29, 1.82) is 0 Å². The topological polar surface area (TPSA) is 30.5 Å². The predicted molar refractivity (Wildman–Crippen MR) is 73.8 cm³/mol. The molecule has 0 aromatic heterocycles. The van der Waals surface area contributed by atoms with Gasteiger partial charge in [-0.05, 0) is 42.5 Å². The maximum absolute atomic E-state index is 5.64. The molecule has 1 aromatic rings. The molecule has 4 heteroatoms. The van der Waals surface area contributed by atoms with E-state index in [0.717, 1.165) is 44.8 Å². The third-order valence-corrected chi connectivity index (χ3v) is 3.94. The van der Waals surface area contributed by atoms with Crippen LogP contribution in [0, 0.1) is 0 Å². The second kappa shape index (κ2) is 5.47. The molecule has 0 radical (unpaired) electrons. The molecule has 1 heterocycles. The fourth-order valence-electron chi connectivity index (χ4n) is 2.94. The summed E-state index contributed by atoms with van der Waals surface area (Å²) in [4.78, 5) is 0. The van der Waals surface area contributed by atoms with Crippen LogP contribution in [0.1, 0.15) is 17.5 Å². The van der Waals surface area contributed by atoms with Crippen molar-refractivity contribution in [2.24, 2.45) is 0 Å². The number of fused-ring (bicyclic) bond motifs is 1. The molecule has 100 valence electrons. The summed E-state index contributed by atoms with van der Waals surface area (Å²) in [5.41, 5.74) is 3.05. The van der Waals surface area contributed by atoms with Crippen LogP contribution in [0.4, 0.5) is 0 Å². The minimum Gasteiger partial charge on any atom is -0.497 e.